The lowest BCUT2D eigenvalue weighted by atomic mass is 10.1. The standard InChI is InChI=1S/C16H12F2O2S/c17-9-15(19)11-1-5-13(6-2-11)21-14-7-3-12(4-8-14)16(20)10-18/h1-8H,9-10H2. The highest BCUT2D eigenvalue weighted by Gasteiger charge is 2.07. The highest BCUT2D eigenvalue weighted by Crippen LogP contribution is 2.28. The first kappa shape index (κ1) is 15.4. The van der Waals surface area contributed by atoms with Crippen LogP contribution in [0.25, 0.3) is 0 Å². The molecule has 2 aromatic carbocycles. The van der Waals surface area contributed by atoms with Gasteiger partial charge < -0.3 is 0 Å². The van der Waals surface area contributed by atoms with Gasteiger partial charge in [-0.2, -0.15) is 0 Å². The Morgan fingerprint density at radius 1 is 0.714 bits per heavy atom. The second-order valence-corrected chi connectivity index (χ2v) is 5.41. The maximum Gasteiger partial charge on any atom is 0.193 e. The number of alkyl halides is 2. The summed E-state index contributed by atoms with van der Waals surface area (Å²) in [6.45, 7) is -2.01. The SMILES string of the molecule is O=C(CF)c1ccc(Sc2ccc(C(=O)CF)cc2)cc1. The van der Waals surface area contributed by atoms with Gasteiger partial charge in [-0.05, 0) is 24.3 Å². The average molecular weight is 306 g/mol. The molecule has 0 unspecified atom stereocenters. The quantitative estimate of drug-likeness (QED) is 0.752. The summed E-state index contributed by atoms with van der Waals surface area (Å²) < 4.78 is 24.5. The van der Waals surface area contributed by atoms with E-state index in [4.69, 9.17) is 0 Å². The zero-order chi connectivity index (χ0) is 15.2. The molecule has 0 fully saturated rings. The second-order valence-electron chi connectivity index (χ2n) is 4.26. The van der Waals surface area contributed by atoms with Gasteiger partial charge in [0.1, 0.15) is 0 Å². The van der Waals surface area contributed by atoms with Crippen molar-refractivity contribution < 1.29 is 18.4 Å². The third-order valence-corrected chi connectivity index (χ3v) is 3.85. The van der Waals surface area contributed by atoms with E-state index in [2.05, 4.69) is 0 Å². The van der Waals surface area contributed by atoms with E-state index in [1.54, 1.807) is 48.5 Å². The van der Waals surface area contributed by atoms with Gasteiger partial charge in [0, 0.05) is 20.9 Å². The molecule has 0 aliphatic carbocycles. The summed E-state index contributed by atoms with van der Waals surface area (Å²) in [5.41, 5.74) is 0.677. The molecule has 0 saturated heterocycles. The summed E-state index contributed by atoms with van der Waals surface area (Å²) in [6, 6.07) is 13.2. The van der Waals surface area contributed by atoms with Gasteiger partial charge in [-0.3, -0.25) is 9.59 Å². The Morgan fingerprint density at radius 3 is 1.33 bits per heavy atom. The van der Waals surface area contributed by atoms with Crippen LogP contribution in [0.5, 0.6) is 0 Å². The molecule has 0 saturated carbocycles. The average Bonchev–Trinajstić information content (AvgIpc) is 2.55. The van der Waals surface area contributed by atoms with Gasteiger partial charge in [0.2, 0.25) is 0 Å². The van der Waals surface area contributed by atoms with Crippen LogP contribution in [0.1, 0.15) is 20.7 Å². The summed E-state index contributed by atoms with van der Waals surface area (Å²) >= 11 is 1.43. The van der Waals surface area contributed by atoms with Crippen LogP contribution in [0.15, 0.2) is 58.3 Å². The smallest absolute Gasteiger partial charge is 0.193 e. The van der Waals surface area contributed by atoms with Gasteiger partial charge in [0.25, 0.3) is 0 Å². The van der Waals surface area contributed by atoms with Crippen LogP contribution >= 0.6 is 11.8 Å². The van der Waals surface area contributed by atoms with Gasteiger partial charge in [-0.25, -0.2) is 8.78 Å². The first-order valence-corrected chi connectivity index (χ1v) is 7.02. The molecule has 5 heteroatoms. The van der Waals surface area contributed by atoms with E-state index in [1.165, 1.54) is 11.8 Å². The molecule has 0 amide bonds. The van der Waals surface area contributed by atoms with Crippen molar-refractivity contribution in [2.75, 3.05) is 13.3 Å². The summed E-state index contributed by atoms with van der Waals surface area (Å²) in [5, 5.41) is 0. The monoisotopic (exact) mass is 306 g/mol. The van der Waals surface area contributed by atoms with Crippen molar-refractivity contribution in [1.29, 1.82) is 0 Å². The third-order valence-electron chi connectivity index (χ3n) is 2.83. The van der Waals surface area contributed by atoms with Gasteiger partial charge >= 0.3 is 0 Å². The van der Waals surface area contributed by atoms with E-state index in [9.17, 15) is 18.4 Å². The number of ketones is 2. The minimum atomic E-state index is -1.00. The van der Waals surface area contributed by atoms with Crippen LogP contribution in [0.2, 0.25) is 0 Å². The Labute approximate surface area is 125 Å². The fraction of sp³-hybridized carbons (Fsp3) is 0.125. The molecule has 21 heavy (non-hydrogen) atoms. The van der Waals surface area contributed by atoms with E-state index in [0.717, 1.165) is 9.79 Å². The molecule has 0 atom stereocenters. The summed E-state index contributed by atoms with van der Waals surface area (Å²) in [4.78, 5) is 24.1. The number of hydrogen-bond donors (Lipinski definition) is 0. The number of carbonyl (C=O) groups excluding carboxylic acids is 2. The van der Waals surface area contributed by atoms with Crippen molar-refractivity contribution in [3.63, 3.8) is 0 Å². The Kier molecular flexibility index (Phi) is 5.22. The van der Waals surface area contributed by atoms with Gasteiger partial charge in [0.05, 0.1) is 0 Å². The van der Waals surface area contributed by atoms with Gasteiger partial charge in [-0.1, -0.05) is 36.0 Å². The lowest BCUT2D eigenvalue weighted by Crippen LogP contribution is -2.00. The Bertz CT molecular complexity index is 579. The molecule has 108 valence electrons. The highest BCUT2D eigenvalue weighted by atomic mass is 32.2. The molecular formula is C16H12F2O2S. The number of Topliss-reactive ketones (excluding diaryl/α,β-unsaturated/α-hetero) is 2. The van der Waals surface area contributed by atoms with Crippen molar-refractivity contribution in [3.05, 3.63) is 59.7 Å². The fourth-order valence-electron chi connectivity index (χ4n) is 1.71. The lowest BCUT2D eigenvalue weighted by Gasteiger charge is -2.04. The molecule has 2 nitrogen and oxygen atoms in total. The largest absolute Gasteiger partial charge is 0.291 e. The molecule has 2 rings (SSSR count). The topological polar surface area (TPSA) is 34.1 Å². The van der Waals surface area contributed by atoms with E-state index in [-0.39, 0.29) is 0 Å². The molecule has 0 aliphatic rings. The first-order valence-electron chi connectivity index (χ1n) is 6.20. The molecule has 2 aromatic rings. The van der Waals surface area contributed by atoms with E-state index in [1.807, 2.05) is 0 Å². The lowest BCUT2D eigenvalue weighted by molar-refractivity contribution is 0.0951. The molecule has 0 radical (unpaired) electrons. The highest BCUT2D eigenvalue weighted by molar-refractivity contribution is 7.99. The van der Waals surface area contributed by atoms with Gasteiger partial charge in [0.15, 0.2) is 24.9 Å². The Balaban J connectivity index is 2.08. The van der Waals surface area contributed by atoms with Crippen LogP contribution in [-0.2, 0) is 0 Å². The summed E-state index contributed by atoms with van der Waals surface area (Å²) in [5.74, 6) is -1.08. The van der Waals surface area contributed by atoms with Crippen molar-refractivity contribution in [1.82, 2.24) is 0 Å². The normalized spacial score (nSPS) is 10.4. The molecular weight excluding hydrogens is 294 g/mol. The predicted molar refractivity (Wildman–Crippen MR) is 77.6 cm³/mol. The summed E-state index contributed by atoms with van der Waals surface area (Å²) in [7, 11) is 0. The van der Waals surface area contributed by atoms with Crippen molar-refractivity contribution >= 4 is 23.3 Å². The summed E-state index contributed by atoms with van der Waals surface area (Å²) in [6.07, 6.45) is 0. The van der Waals surface area contributed by atoms with Crippen molar-refractivity contribution in [2.24, 2.45) is 0 Å². The molecule has 0 heterocycles. The van der Waals surface area contributed by atoms with Crippen LogP contribution in [-0.4, -0.2) is 24.9 Å². The van der Waals surface area contributed by atoms with Crippen LogP contribution in [0.3, 0.4) is 0 Å². The molecule has 0 aliphatic heterocycles. The molecule has 0 N–H and O–H groups in total. The van der Waals surface area contributed by atoms with Crippen LogP contribution in [0.4, 0.5) is 8.78 Å². The zero-order valence-electron chi connectivity index (χ0n) is 11.0. The fourth-order valence-corrected chi connectivity index (χ4v) is 2.52. The van der Waals surface area contributed by atoms with E-state index in [0.29, 0.717) is 11.1 Å². The maximum atomic E-state index is 12.2. The predicted octanol–water partition coefficient (Wildman–Crippen LogP) is 4.14. The second kappa shape index (κ2) is 7.13. The molecule has 0 aromatic heterocycles. The third kappa shape index (κ3) is 3.98. The number of halogens is 2. The molecule has 0 bridgehead atoms. The number of benzene rings is 2. The molecule has 0 spiro atoms. The van der Waals surface area contributed by atoms with Crippen LogP contribution in [0, 0.1) is 0 Å². The number of hydrogen-bond acceptors (Lipinski definition) is 3. The minimum absolute atomic E-state index is 0.339. The zero-order valence-corrected chi connectivity index (χ0v) is 11.8. The van der Waals surface area contributed by atoms with E-state index >= 15 is 0 Å². The van der Waals surface area contributed by atoms with Gasteiger partial charge in [-0.15, -0.1) is 0 Å². The van der Waals surface area contributed by atoms with Crippen LogP contribution < -0.4 is 0 Å². The Hall–Kier alpha value is -2.01. The van der Waals surface area contributed by atoms with Crippen molar-refractivity contribution in [2.45, 2.75) is 9.79 Å². The Morgan fingerprint density at radius 2 is 1.05 bits per heavy atom. The maximum absolute atomic E-state index is 12.2. The minimum Gasteiger partial charge on any atom is -0.291 e. The first-order chi connectivity index (χ1) is 10.1. The van der Waals surface area contributed by atoms with E-state index < -0.39 is 24.9 Å². The number of rotatable bonds is 6. The number of carbonyl (C=O) groups is 2. The van der Waals surface area contributed by atoms with Crippen molar-refractivity contribution in [3.8, 4) is 0 Å².